The van der Waals surface area contributed by atoms with E-state index in [2.05, 4.69) is 24.5 Å². The van der Waals surface area contributed by atoms with E-state index in [1.54, 1.807) is 0 Å². The van der Waals surface area contributed by atoms with Crippen LogP contribution in [0.5, 0.6) is 0 Å². The molecular formula is C14H28N2O. The van der Waals surface area contributed by atoms with E-state index in [-0.39, 0.29) is 11.9 Å². The number of hydrogen-bond donors (Lipinski definition) is 2. The van der Waals surface area contributed by atoms with Gasteiger partial charge in [-0.15, -0.1) is 0 Å². The Labute approximate surface area is 106 Å². The Morgan fingerprint density at radius 1 is 1.24 bits per heavy atom. The number of carbonyl (C=O) groups is 1. The van der Waals surface area contributed by atoms with Crippen molar-refractivity contribution in [1.29, 1.82) is 0 Å². The van der Waals surface area contributed by atoms with E-state index in [1.807, 2.05) is 6.92 Å². The molecule has 1 rings (SSSR count). The van der Waals surface area contributed by atoms with Crippen molar-refractivity contribution in [1.82, 2.24) is 10.6 Å². The van der Waals surface area contributed by atoms with E-state index < -0.39 is 0 Å². The summed E-state index contributed by atoms with van der Waals surface area (Å²) in [6, 6.07) is 0.491. The van der Waals surface area contributed by atoms with Gasteiger partial charge in [0.1, 0.15) is 0 Å². The summed E-state index contributed by atoms with van der Waals surface area (Å²) in [5.74, 6) is 1.06. The third-order valence-electron chi connectivity index (χ3n) is 3.85. The van der Waals surface area contributed by atoms with Gasteiger partial charge >= 0.3 is 0 Å². The van der Waals surface area contributed by atoms with Gasteiger partial charge in [-0.2, -0.15) is 0 Å². The molecular weight excluding hydrogens is 212 g/mol. The van der Waals surface area contributed by atoms with Crippen molar-refractivity contribution >= 4 is 5.91 Å². The predicted octanol–water partition coefficient (Wildman–Crippen LogP) is 2.46. The van der Waals surface area contributed by atoms with E-state index >= 15 is 0 Å². The number of nitrogens with one attached hydrogen (secondary N) is 2. The van der Waals surface area contributed by atoms with Crippen LogP contribution in [0.3, 0.4) is 0 Å². The Balaban J connectivity index is 2.22. The van der Waals surface area contributed by atoms with Crippen LogP contribution < -0.4 is 10.6 Å². The van der Waals surface area contributed by atoms with Crippen molar-refractivity contribution in [2.24, 2.45) is 5.92 Å². The first-order valence-electron chi connectivity index (χ1n) is 7.21. The first kappa shape index (κ1) is 14.5. The monoisotopic (exact) mass is 240 g/mol. The fourth-order valence-electron chi connectivity index (χ4n) is 2.57. The minimum absolute atomic E-state index is 0.0512. The Morgan fingerprint density at radius 2 is 1.88 bits per heavy atom. The van der Waals surface area contributed by atoms with Crippen molar-refractivity contribution < 1.29 is 4.79 Å². The molecule has 1 unspecified atom stereocenters. The topological polar surface area (TPSA) is 41.1 Å². The first-order chi connectivity index (χ1) is 8.17. The van der Waals surface area contributed by atoms with Crippen LogP contribution in [0, 0.1) is 5.92 Å². The molecule has 0 saturated heterocycles. The third kappa shape index (κ3) is 5.07. The summed E-state index contributed by atoms with van der Waals surface area (Å²) in [6.45, 7) is 7.11. The zero-order valence-corrected chi connectivity index (χ0v) is 11.6. The van der Waals surface area contributed by atoms with Crippen LogP contribution in [0.25, 0.3) is 0 Å². The lowest BCUT2D eigenvalue weighted by molar-refractivity contribution is -0.123. The van der Waals surface area contributed by atoms with E-state index in [9.17, 15) is 4.79 Å². The highest BCUT2D eigenvalue weighted by atomic mass is 16.2. The maximum absolute atomic E-state index is 11.7. The van der Waals surface area contributed by atoms with Gasteiger partial charge in [0.15, 0.2) is 0 Å². The minimum atomic E-state index is -0.0512. The highest BCUT2D eigenvalue weighted by Gasteiger charge is 2.22. The van der Waals surface area contributed by atoms with Gasteiger partial charge in [-0.3, -0.25) is 4.79 Å². The molecule has 0 bridgehead atoms. The van der Waals surface area contributed by atoms with Gasteiger partial charge in [-0.1, -0.05) is 20.3 Å². The molecule has 1 aliphatic carbocycles. The third-order valence-corrected chi connectivity index (χ3v) is 3.85. The Morgan fingerprint density at radius 3 is 2.41 bits per heavy atom. The molecule has 3 nitrogen and oxygen atoms in total. The van der Waals surface area contributed by atoms with Crippen molar-refractivity contribution in [3.05, 3.63) is 0 Å². The van der Waals surface area contributed by atoms with E-state index in [0.29, 0.717) is 6.04 Å². The van der Waals surface area contributed by atoms with Crippen LogP contribution in [0.15, 0.2) is 0 Å². The maximum Gasteiger partial charge on any atom is 0.236 e. The summed E-state index contributed by atoms with van der Waals surface area (Å²) >= 11 is 0. The van der Waals surface area contributed by atoms with Gasteiger partial charge in [-0.25, -0.2) is 0 Å². The molecule has 1 saturated carbocycles. The fourth-order valence-corrected chi connectivity index (χ4v) is 2.57. The Kier molecular flexibility index (Phi) is 6.56. The molecule has 1 fully saturated rings. The highest BCUT2D eigenvalue weighted by molar-refractivity contribution is 5.81. The summed E-state index contributed by atoms with van der Waals surface area (Å²) in [6.07, 6.45) is 7.39. The van der Waals surface area contributed by atoms with Crippen LogP contribution in [-0.2, 0) is 4.79 Å². The smallest absolute Gasteiger partial charge is 0.236 e. The molecule has 0 aliphatic heterocycles. The molecule has 0 aromatic heterocycles. The number of hydrogen-bond acceptors (Lipinski definition) is 2. The molecule has 0 heterocycles. The van der Waals surface area contributed by atoms with E-state index in [4.69, 9.17) is 0 Å². The molecule has 0 aromatic rings. The molecule has 0 aromatic carbocycles. The van der Waals surface area contributed by atoms with E-state index in [1.165, 1.54) is 32.1 Å². The number of carbonyl (C=O) groups excluding carboxylic acids is 1. The van der Waals surface area contributed by atoms with Crippen molar-refractivity contribution in [3.63, 3.8) is 0 Å². The maximum atomic E-state index is 11.7. The minimum Gasteiger partial charge on any atom is -0.355 e. The lowest BCUT2D eigenvalue weighted by Gasteiger charge is -2.30. The predicted molar refractivity (Wildman–Crippen MR) is 71.9 cm³/mol. The SMILES string of the molecule is CCCNC(=O)C(C)NC1CCC(CC)CC1. The van der Waals surface area contributed by atoms with Gasteiger partial charge in [0, 0.05) is 12.6 Å². The largest absolute Gasteiger partial charge is 0.355 e. The summed E-state index contributed by atoms with van der Waals surface area (Å²) in [5.41, 5.74) is 0. The van der Waals surface area contributed by atoms with Crippen LogP contribution in [-0.4, -0.2) is 24.5 Å². The lowest BCUT2D eigenvalue weighted by atomic mass is 9.84. The first-order valence-corrected chi connectivity index (χ1v) is 7.21. The Hall–Kier alpha value is -0.570. The second-order valence-corrected chi connectivity index (χ2v) is 5.31. The lowest BCUT2D eigenvalue weighted by Crippen LogP contribution is -2.47. The second kappa shape index (κ2) is 7.70. The number of rotatable bonds is 6. The van der Waals surface area contributed by atoms with Crippen LogP contribution in [0.1, 0.15) is 59.3 Å². The van der Waals surface area contributed by atoms with Crippen molar-refractivity contribution in [2.75, 3.05) is 6.54 Å². The second-order valence-electron chi connectivity index (χ2n) is 5.31. The molecule has 0 spiro atoms. The molecule has 2 N–H and O–H groups in total. The van der Waals surface area contributed by atoms with Crippen LogP contribution in [0.4, 0.5) is 0 Å². The quantitative estimate of drug-likeness (QED) is 0.749. The van der Waals surface area contributed by atoms with Crippen molar-refractivity contribution in [2.45, 2.75) is 71.4 Å². The van der Waals surface area contributed by atoms with Crippen LogP contribution in [0.2, 0.25) is 0 Å². The molecule has 3 heteroatoms. The normalized spacial score (nSPS) is 26.5. The zero-order valence-electron chi connectivity index (χ0n) is 11.6. The molecule has 100 valence electrons. The molecule has 1 aliphatic rings. The summed E-state index contributed by atoms with van der Waals surface area (Å²) in [5, 5.41) is 6.40. The van der Waals surface area contributed by atoms with E-state index in [0.717, 1.165) is 18.9 Å². The Bertz CT molecular complexity index is 222. The summed E-state index contributed by atoms with van der Waals surface area (Å²) in [4.78, 5) is 11.7. The highest BCUT2D eigenvalue weighted by Crippen LogP contribution is 2.26. The molecule has 1 atom stereocenters. The van der Waals surface area contributed by atoms with Gasteiger partial charge < -0.3 is 10.6 Å². The van der Waals surface area contributed by atoms with Gasteiger partial charge in [0.05, 0.1) is 6.04 Å². The van der Waals surface area contributed by atoms with Gasteiger partial charge in [0.25, 0.3) is 0 Å². The molecule has 0 radical (unpaired) electrons. The average Bonchev–Trinajstić information content (AvgIpc) is 2.36. The zero-order chi connectivity index (χ0) is 12.7. The van der Waals surface area contributed by atoms with Gasteiger partial charge in [-0.05, 0) is 44.9 Å². The van der Waals surface area contributed by atoms with Gasteiger partial charge in [0.2, 0.25) is 5.91 Å². The average molecular weight is 240 g/mol. The molecule has 17 heavy (non-hydrogen) atoms. The fraction of sp³-hybridized carbons (Fsp3) is 0.929. The summed E-state index contributed by atoms with van der Waals surface area (Å²) < 4.78 is 0. The van der Waals surface area contributed by atoms with Crippen LogP contribution >= 0.6 is 0 Å². The number of amides is 1. The molecule has 1 amide bonds. The standard InChI is InChI=1S/C14H28N2O/c1-4-10-15-14(17)11(3)16-13-8-6-12(5-2)7-9-13/h11-13,16H,4-10H2,1-3H3,(H,15,17). The van der Waals surface area contributed by atoms with Crippen molar-refractivity contribution in [3.8, 4) is 0 Å². The summed E-state index contributed by atoms with van der Waals surface area (Å²) in [7, 11) is 0.